The van der Waals surface area contributed by atoms with Gasteiger partial charge in [-0.15, -0.1) is 0 Å². The number of nitrogens with zero attached hydrogens (tertiary/aromatic N) is 1. The number of phenolic OH excluding ortho intramolecular Hbond substituents is 1. The summed E-state index contributed by atoms with van der Waals surface area (Å²) >= 11 is 3.41. The van der Waals surface area contributed by atoms with E-state index in [4.69, 9.17) is 0 Å². The van der Waals surface area contributed by atoms with Crippen molar-refractivity contribution in [1.29, 1.82) is 0 Å². The quantitative estimate of drug-likeness (QED) is 0.860. The summed E-state index contributed by atoms with van der Waals surface area (Å²) in [5.41, 5.74) is 2.40. The Morgan fingerprint density at radius 3 is 2.40 bits per heavy atom. The molecule has 0 aliphatic carbocycles. The molecule has 0 spiro atoms. The molecule has 0 heterocycles. The van der Waals surface area contributed by atoms with Gasteiger partial charge in [-0.1, -0.05) is 28.1 Å². The highest BCUT2D eigenvalue weighted by molar-refractivity contribution is 9.10. The third-order valence-electron chi connectivity index (χ3n) is 3.13. The van der Waals surface area contributed by atoms with Crippen molar-refractivity contribution in [1.82, 2.24) is 0 Å². The Bertz CT molecular complexity index is 623. The number of rotatable bonds is 4. The van der Waals surface area contributed by atoms with Gasteiger partial charge in [-0.25, -0.2) is 0 Å². The van der Waals surface area contributed by atoms with Crippen LogP contribution in [0.3, 0.4) is 0 Å². The van der Waals surface area contributed by atoms with Crippen molar-refractivity contribution < 1.29 is 9.90 Å². The molecular formula is C16H16BrNO2. The third-order valence-corrected chi connectivity index (χ3v) is 3.66. The highest BCUT2D eigenvalue weighted by Crippen LogP contribution is 2.25. The number of Topliss-reactive ketones (excluding diaryl/α,β-unsaturated/α-hetero) is 1. The first-order chi connectivity index (χ1) is 9.47. The van der Waals surface area contributed by atoms with Gasteiger partial charge in [0.15, 0.2) is 5.78 Å². The van der Waals surface area contributed by atoms with E-state index in [2.05, 4.69) is 15.9 Å². The Hall–Kier alpha value is -1.81. The summed E-state index contributed by atoms with van der Waals surface area (Å²) in [5.74, 6) is -0.109. The molecule has 0 saturated heterocycles. The summed E-state index contributed by atoms with van der Waals surface area (Å²) in [6.45, 7) is 2.17. The maximum atomic E-state index is 11.3. The molecule has 0 saturated carbocycles. The SMILES string of the molecule is CC(=O)c1ccc(N(C)Cc2ccc(Br)cc2)cc1O. The highest BCUT2D eigenvalue weighted by Gasteiger charge is 2.09. The topological polar surface area (TPSA) is 40.5 Å². The van der Waals surface area contributed by atoms with Crippen molar-refractivity contribution in [2.45, 2.75) is 13.5 Å². The van der Waals surface area contributed by atoms with E-state index >= 15 is 0 Å². The van der Waals surface area contributed by atoms with E-state index in [9.17, 15) is 9.90 Å². The number of ketones is 1. The van der Waals surface area contributed by atoms with Crippen LogP contribution in [0.4, 0.5) is 5.69 Å². The summed E-state index contributed by atoms with van der Waals surface area (Å²) in [6.07, 6.45) is 0. The number of anilines is 1. The molecule has 3 nitrogen and oxygen atoms in total. The van der Waals surface area contributed by atoms with Gasteiger partial charge in [0.05, 0.1) is 5.56 Å². The second kappa shape index (κ2) is 6.09. The molecule has 0 bridgehead atoms. The van der Waals surface area contributed by atoms with Gasteiger partial charge in [-0.3, -0.25) is 4.79 Å². The number of hydrogen-bond acceptors (Lipinski definition) is 3. The molecule has 0 atom stereocenters. The average molecular weight is 334 g/mol. The lowest BCUT2D eigenvalue weighted by molar-refractivity contribution is 0.101. The highest BCUT2D eigenvalue weighted by atomic mass is 79.9. The van der Waals surface area contributed by atoms with Crippen LogP contribution in [0, 0.1) is 0 Å². The fourth-order valence-corrected chi connectivity index (χ4v) is 2.27. The Kier molecular flexibility index (Phi) is 4.45. The first kappa shape index (κ1) is 14.6. The minimum Gasteiger partial charge on any atom is -0.507 e. The molecule has 2 aromatic rings. The van der Waals surface area contributed by atoms with Gasteiger partial charge in [0.2, 0.25) is 0 Å². The molecule has 0 aliphatic rings. The van der Waals surface area contributed by atoms with Gasteiger partial charge in [0.1, 0.15) is 5.75 Å². The van der Waals surface area contributed by atoms with Crippen LogP contribution in [0.2, 0.25) is 0 Å². The molecule has 0 fully saturated rings. The van der Waals surface area contributed by atoms with Crippen LogP contribution >= 0.6 is 15.9 Å². The largest absolute Gasteiger partial charge is 0.507 e. The predicted molar refractivity (Wildman–Crippen MR) is 84.4 cm³/mol. The van der Waals surface area contributed by atoms with Gasteiger partial charge in [0.25, 0.3) is 0 Å². The number of phenols is 1. The normalized spacial score (nSPS) is 10.3. The van der Waals surface area contributed by atoms with Crippen LogP contribution in [-0.4, -0.2) is 17.9 Å². The van der Waals surface area contributed by atoms with Crippen LogP contribution in [0.1, 0.15) is 22.8 Å². The maximum absolute atomic E-state index is 11.3. The van der Waals surface area contributed by atoms with Crippen molar-refractivity contribution in [2.24, 2.45) is 0 Å². The first-order valence-corrected chi connectivity index (χ1v) is 7.06. The smallest absolute Gasteiger partial charge is 0.163 e. The number of hydrogen-bond donors (Lipinski definition) is 1. The predicted octanol–water partition coefficient (Wildman–Crippen LogP) is 3.99. The van der Waals surface area contributed by atoms with E-state index in [-0.39, 0.29) is 11.5 Å². The second-order valence-electron chi connectivity index (χ2n) is 4.74. The summed E-state index contributed by atoms with van der Waals surface area (Å²) in [7, 11) is 1.95. The lowest BCUT2D eigenvalue weighted by Gasteiger charge is -2.20. The second-order valence-corrected chi connectivity index (χ2v) is 5.66. The first-order valence-electron chi connectivity index (χ1n) is 6.27. The zero-order valence-electron chi connectivity index (χ0n) is 11.4. The molecule has 2 aromatic carbocycles. The van der Waals surface area contributed by atoms with Gasteiger partial charge < -0.3 is 10.0 Å². The zero-order chi connectivity index (χ0) is 14.7. The molecule has 20 heavy (non-hydrogen) atoms. The fourth-order valence-electron chi connectivity index (χ4n) is 2.01. The average Bonchev–Trinajstić information content (AvgIpc) is 2.40. The van der Waals surface area contributed by atoms with E-state index in [1.54, 1.807) is 12.1 Å². The van der Waals surface area contributed by atoms with E-state index in [1.165, 1.54) is 12.5 Å². The van der Waals surface area contributed by atoms with Crippen molar-refractivity contribution >= 4 is 27.4 Å². The molecule has 1 N–H and O–H groups in total. The Morgan fingerprint density at radius 2 is 1.85 bits per heavy atom. The van der Waals surface area contributed by atoms with Crippen LogP contribution in [0.25, 0.3) is 0 Å². The van der Waals surface area contributed by atoms with Gasteiger partial charge in [-0.2, -0.15) is 0 Å². The Balaban J connectivity index is 2.17. The third kappa shape index (κ3) is 3.39. The number of carbonyl (C=O) groups excluding carboxylic acids is 1. The Labute approximate surface area is 127 Å². The Morgan fingerprint density at radius 1 is 1.20 bits per heavy atom. The lowest BCUT2D eigenvalue weighted by Crippen LogP contribution is -2.16. The van der Waals surface area contributed by atoms with Gasteiger partial charge in [0, 0.05) is 29.8 Å². The molecular weight excluding hydrogens is 318 g/mol. The monoisotopic (exact) mass is 333 g/mol. The number of halogens is 1. The summed E-state index contributed by atoms with van der Waals surface area (Å²) in [5, 5.41) is 9.86. The number of aromatic hydroxyl groups is 1. The molecule has 0 amide bonds. The lowest BCUT2D eigenvalue weighted by atomic mass is 10.1. The summed E-state index contributed by atoms with van der Waals surface area (Å²) in [4.78, 5) is 13.3. The van der Waals surface area contributed by atoms with E-state index < -0.39 is 0 Å². The van der Waals surface area contributed by atoms with E-state index in [0.29, 0.717) is 5.56 Å². The fraction of sp³-hybridized carbons (Fsp3) is 0.188. The molecule has 0 aromatic heterocycles. The van der Waals surface area contributed by atoms with Crippen molar-refractivity contribution in [3.63, 3.8) is 0 Å². The zero-order valence-corrected chi connectivity index (χ0v) is 13.0. The molecule has 0 aliphatic heterocycles. The van der Waals surface area contributed by atoms with Crippen molar-refractivity contribution in [3.8, 4) is 5.75 Å². The van der Waals surface area contributed by atoms with Gasteiger partial charge >= 0.3 is 0 Å². The van der Waals surface area contributed by atoms with Crippen LogP contribution < -0.4 is 4.90 Å². The molecule has 0 radical (unpaired) electrons. The number of benzene rings is 2. The van der Waals surface area contributed by atoms with Crippen LogP contribution in [0.5, 0.6) is 5.75 Å². The van der Waals surface area contributed by atoms with E-state index in [1.807, 2.05) is 42.3 Å². The van der Waals surface area contributed by atoms with Crippen molar-refractivity contribution in [2.75, 3.05) is 11.9 Å². The number of carbonyl (C=O) groups is 1. The summed E-state index contributed by atoms with van der Waals surface area (Å²) < 4.78 is 1.05. The molecule has 4 heteroatoms. The van der Waals surface area contributed by atoms with Crippen LogP contribution in [-0.2, 0) is 6.54 Å². The molecule has 2 rings (SSSR count). The maximum Gasteiger partial charge on any atom is 0.163 e. The van der Waals surface area contributed by atoms with Crippen molar-refractivity contribution in [3.05, 3.63) is 58.1 Å². The van der Waals surface area contributed by atoms with Gasteiger partial charge in [-0.05, 0) is 36.8 Å². The molecule has 0 unspecified atom stereocenters. The van der Waals surface area contributed by atoms with Crippen LogP contribution in [0.15, 0.2) is 46.9 Å². The summed E-state index contributed by atoms with van der Waals surface area (Å²) in [6, 6.07) is 13.2. The van der Waals surface area contributed by atoms with E-state index in [0.717, 1.165) is 16.7 Å². The standard InChI is InChI=1S/C16H16BrNO2/c1-11(19)15-8-7-14(9-16(15)20)18(2)10-12-3-5-13(17)6-4-12/h3-9,20H,10H2,1-2H3. The molecule has 104 valence electrons. The minimum absolute atomic E-state index is 0.0256. The minimum atomic E-state index is -0.135.